The van der Waals surface area contributed by atoms with Crippen molar-refractivity contribution in [3.63, 3.8) is 0 Å². The number of likely N-dealkylation sites (tertiary alicyclic amines) is 1. The van der Waals surface area contributed by atoms with Gasteiger partial charge in [-0.1, -0.05) is 37.3 Å². The molecular weight excluding hydrogens is 406 g/mol. The van der Waals surface area contributed by atoms with Crippen LogP contribution in [0.4, 0.5) is 0 Å². The molecule has 2 heterocycles. The number of furan rings is 1. The lowest BCUT2D eigenvalue weighted by atomic mass is 9.93. The summed E-state index contributed by atoms with van der Waals surface area (Å²) >= 11 is 0. The average Bonchev–Trinajstić information content (AvgIpc) is 3.27. The Morgan fingerprint density at radius 1 is 1.13 bits per heavy atom. The predicted octanol–water partition coefficient (Wildman–Crippen LogP) is 2.10. The SMILES string of the molecule is CCC(C(=O)N1CCC(NC(=O)c2ccc(S(=O)(=O)NC)o2)CC1)c1ccccc1. The summed E-state index contributed by atoms with van der Waals surface area (Å²) in [4.78, 5) is 27.2. The Balaban J connectivity index is 1.55. The van der Waals surface area contributed by atoms with Gasteiger partial charge in [-0.05, 0) is 44.0 Å². The number of benzene rings is 1. The molecular formula is C21H27N3O5S. The summed E-state index contributed by atoms with van der Waals surface area (Å²) in [5.74, 6) is -0.570. The van der Waals surface area contributed by atoms with Crippen molar-refractivity contribution in [2.24, 2.45) is 0 Å². The van der Waals surface area contributed by atoms with Gasteiger partial charge < -0.3 is 14.6 Å². The Morgan fingerprint density at radius 3 is 2.40 bits per heavy atom. The fourth-order valence-electron chi connectivity index (χ4n) is 3.65. The highest BCUT2D eigenvalue weighted by atomic mass is 32.2. The number of carbonyl (C=O) groups is 2. The molecule has 1 aromatic heterocycles. The van der Waals surface area contributed by atoms with Crippen LogP contribution in [0.25, 0.3) is 0 Å². The van der Waals surface area contributed by atoms with Gasteiger partial charge >= 0.3 is 0 Å². The summed E-state index contributed by atoms with van der Waals surface area (Å²) in [5.41, 5.74) is 1.02. The van der Waals surface area contributed by atoms with Crippen molar-refractivity contribution in [1.29, 1.82) is 0 Å². The Bertz CT molecular complexity index is 979. The van der Waals surface area contributed by atoms with Crippen LogP contribution in [0.15, 0.2) is 52.0 Å². The quantitative estimate of drug-likeness (QED) is 0.695. The van der Waals surface area contributed by atoms with Gasteiger partial charge in [-0.15, -0.1) is 0 Å². The molecule has 162 valence electrons. The zero-order valence-corrected chi connectivity index (χ0v) is 17.9. The van der Waals surface area contributed by atoms with Gasteiger partial charge in [-0.3, -0.25) is 9.59 Å². The summed E-state index contributed by atoms with van der Waals surface area (Å²) in [6.07, 6.45) is 1.99. The van der Waals surface area contributed by atoms with E-state index in [1.807, 2.05) is 42.2 Å². The van der Waals surface area contributed by atoms with Gasteiger partial charge in [0.2, 0.25) is 11.0 Å². The summed E-state index contributed by atoms with van der Waals surface area (Å²) < 4.78 is 30.8. The van der Waals surface area contributed by atoms with E-state index in [1.165, 1.54) is 19.2 Å². The first kappa shape index (κ1) is 22.0. The van der Waals surface area contributed by atoms with Crippen LogP contribution >= 0.6 is 0 Å². The van der Waals surface area contributed by atoms with Crippen LogP contribution in [0.3, 0.4) is 0 Å². The van der Waals surface area contributed by atoms with Crippen molar-refractivity contribution in [1.82, 2.24) is 14.9 Å². The molecule has 0 aliphatic carbocycles. The van der Waals surface area contributed by atoms with Gasteiger partial charge in [0.1, 0.15) is 0 Å². The Morgan fingerprint density at radius 2 is 1.80 bits per heavy atom. The predicted molar refractivity (Wildman–Crippen MR) is 111 cm³/mol. The van der Waals surface area contributed by atoms with Crippen molar-refractivity contribution in [2.45, 2.75) is 43.2 Å². The van der Waals surface area contributed by atoms with Crippen molar-refractivity contribution in [3.8, 4) is 0 Å². The number of nitrogens with one attached hydrogen (secondary N) is 2. The zero-order chi connectivity index (χ0) is 21.7. The number of piperidine rings is 1. The monoisotopic (exact) mass is 433 g/mol. The van der Waals surface area contributed by atoms with E-state index in [1.54, 1.807) is 0 Å². The van der Waals surface area contributed by atoms with Gasteiger partial charge in [-0.2, -0.15) is 0 Å². The Labute approximate surface area is 176 Å². The maximum atomic E-state index is 13.0. The van der Waals surface area contributed by atoms with E-state index >= 15 is 0 Å². The highest BCUT2D eigenvalue weighted by Gasteiger charge is 2.29. The molecule has 1 aliphatic heterocycles. The van der Waals surface area contributed by atoms with Crippen molar-refractivity contribution in [2.75, 3.05) is 20.1 Å². The van der Waals surface area contributed by atoms with E-state index in [0.717, 1.165) is 12.0 Å². The second-order valence-corrected chi connectivity index (χ2v) is 9.09. The van der Waals surface area contributed by atoms with Crippen molar-refractivity contribution in [3.05, 3.63) is 53.8 Å². The topological polar surface area (TPSA) is 109 Å². The van der Waals surface area contributed by atoms with Crippen LogP contribution in [-0.4, -0.2) is 51.3 Å². The zero-order valence-electron chi connectivity index (χ0n) is 17.1. The molecule has 9 heteroatoms. The third-order valence-corrected chi connectivity index (χ3v) is 6.68. The molecule has 0 radical (unpaired) electrons. The lowest BCUT2D eigenvalue weighted by molar-refractivity contribution is -0.134. The average molecular weight is 434 g/mol. The molecule has 1 aliphatic rings. The van der Waals surface area contributed by atoms with Gasteiger partial charge in [0.05, 0.1) is 5.92 Å². The number of amides is 2. The van der Waals surface area contributed by atoms with Crippen LogP contribution in [0.5, 0.6) is 0 Å². The molecule has 1 saturated heterocycles. The molecule has 3 rings (SSSR count). The minimum Gasteiger partial charge on any atom is -0.438 e. The summed E-state index contributed by atoms with van der Waals surface area (Å²) in [5, 5.41) is 2.56. The second kappa shape index (κ2) is 9.44. The van der Waals surface area contributed by atoms with Gasteiger partial charge in [0, 0.05) is 19.1 Å². The maximum absolute atomic E-state index is 13.0. The normalized spacial score (nSPS) is 16.3. The van der Waals surface area contributed by atoms with E-state index in [9.17, 15) is 18.0 Å². The van der Waals surface area contributed by atoms with Crippen LogP contribution in [0.2, 0.25) is 0 Å². The molecule has 8 nitrogen and oxygen atoms in total. The number of sulfonamides is 1. The highest BCUT2D eigenvalue weighted by Crippen LogP contribution is 2.24. The lowest BCUT2D eigenvalue weighted by Gasteiger charge is -2.34. The van der Waals surface area contributed by atoms with Crippen molar-refractivity contribution < 1.29 is 22.4 Å². The van der Waals surface area contributed by atoms with Crippen molar-refractivity contribution >= 4 is 21.8 Å². The maximum Gasteiger partial charge on any atom is 0.287 e. The first-order chi connectivity index (χ1) is 14.4. The second-order valence-electron chi connectivity index (χ2n) is 7.27. The number of nitrogens with zero attached hydrogens (tertiary/aromatic N) is 1. The molecule has 1 fully saturated rings. The molecule has 1 unspecified atom stereocenters. The summed E-state index contributed by atoms with van der Waals surface area (Å²) in [6.45, 7) is 3.13. The third kappa shape index (κ3) is 4.91. The summed E-state index contributed by atoms with van der Waals surface area (Å²) in [6, 6.07) is 12.2. The molecule has 0 saturated carbocycles. The molecule has 30 heavy (non-hydrogen) atoms. The minimum absolute atomic E-state index is 0.0579. The molecule has 0 spiro atoms. The van der Waals surface area contributed by atoms with E-state index in [-0.39, 0.29) is 28.7 Å². The number of rotatable bonds is 7. The van der Waals surface area contributed by atoms with E-state index in [0.29, 0.717) is 25.9 Å². The standard InChI is InChI=1S/C21H27N3O5S/c1-3-17(15-7-5-4-6-8-15)21(26)24-13-11-16(12-14-24)23-20(25)18-9-10-19(29-18)30(27,28)22-2/h4-10,16-17,22H,3,11-14H2,1-2H3,(H,23,25). The van der Waals surface area contributed by atoms with E-state index in [2.05, 4.69) is 10.0 Å². The first-order valence-corrected chi connectivity index (χ1v) is 11.5. The molecule has 1 atom stereocenters. The molecule has 0 bridgehead atoms. The van der Waals surface area contributed by atoms with E-state index in [4.69, 9.17) is 4.42 Å². The Kier molecular flexibility index (Phi) is 6.94. The van der Waals surface area contributed by atoms with Gasteiger partial charge in [0.15, 0.2) is 5.76 Å². The van der Waals surface area contributed by atoms with Crippen LogP contribution in [0, 0.1) is 0 Å². The lowest BCUT2D eigenvalue weighted by Crippen LogP contribution is -2.47. The fourth-order valence-corrected chi connectivity index (χ4v) is 4.29. The number of hydrogen-bond acceptors (Lipinski definition) is 5. The van der Waals surface area contributed by atoms with Crippen LogP contribution in [-0.2, 0) is 14.8 Å². The smallest absolute Gasteiger partial charge is 0.287 e. The molecule has 2 amide bonds. The molecule has 1 aromatic carbocycles. The largest absolute Gasteiger partial charge is 0.438 e. The van der Waals surface area contributed by atoms with E-state index < -0.39 is 15.9 Å². The third-order valence-electron chi connectivity index (χ3n) is 5.39. The van der Waals surface area contributed by atoms with Gasteiger partial charge in [0.25, 0.3) is 15.9 Å². The molecule has 2 aromatic rings. The van der Waals surface area contributed by atoms with Crippen LogP contribution in [0.1, 0.15) is 48.2 Å². The fraction of sp³-hybridized carbons (Fsp3) is 0.429. The van der Waals surface area contributed by atoms with Crippen LogP contribution < -0.4 is 10.0 Å². The molecule has 2 N–H and O–H groups in total. The minimum atomic E-state index is -3.74. The van der Waals surface area contributed by atoms with Gasteiger partial charge in [-0.25, -0.2) is 13.1 Å². The highest BCUT2D eigenvalue weighted by molar-refractivity contribution is 7.89. The summed E-state index contributed by atoms with van der Waals surface area (Å²) in [7, 11) is -2.46. The first-order valence-electron chi connectivity index (χ1n) is 10.0. The number of carbonyl (C=O) groups excluding carboxylic acids is 2. The Hall–Kier alpha value is -2.65. The number of hydrogen-bond donors (Lipinski definition) is 2.